The lowest BCUT2D eigenvalue weighted by Crippen LogP contribution is -1.97. The first-order valence-corrected chi connectivity index (χ1v) is 7.39. The fraction of sp³-hybridized carbons (Fsp3) is 0.105. The first kappa shape index (κ1) is 14.9. The highest BCUT2D eigenvalue weighted by molar-refractivity contribution is 5.65. The molecule has 3 aromatic rings. The lowest BCUT2D eigenvalue weighted by atomic mass is 9.99. The SMILES string of the molecule is Cc1ccc(Cc2ccccc2)c(-c2ccc([N+](=O)[O-])cc2)n1. The van der Waals surface area contributed by atoms with E-state index < -0.39 is 4.92 Å². The molecule has 0 aliphatic rings. The number of nitro groups is 1. The number of benzene rings is 2. The second-order valence-corrected chi connectivity index (χ2v) is 5.43. The first-order chi connectivity index (χ1) is 11.1. The van der Waals surface area contributed by atoms with E-state index in [2.05, 4.69) is 23.2 Å². The summed E-state index contributed by atoms with van der Waals surface area (Å²) in [6, 6.07) is 20.8. The van der Waals surface area contributed by atoms with Crippen LogP contribution < -0.4 is 0 Å². The summed E-state index contributed by atoms with van der Waals surface area (Å²) >= 11 is 0. The maximum Gasteiger partial charge on any atom is 0.269 e. The molecule has 0 saturated heterocycles. The summed E-state index contributed by atoms with van der Waals surface area (Å²) in [5.74, 6) is 0. The van der Waals surface area contributed by atoms with E-state index in [1.807, 2.05) is 31.2 Å². The highest BCUT2D eigenvalue weighted by atomic mass is 16.6. The molecule has 0 aliphatic heterocycles. The molecule has 0 N–H and O–H groups in total. The smallest absolute Gasteiger partial charge is 0.258 e. The van der Waals surface area contributed by atoms with Gasteiger partial charge in [0.05, 0.1) is 10.6 Å². The largest absolute Gasteiger partial charge is 0.269 e. The Morgan fingerprint density at radius 3 is 2.30 bits per heavy atom. The number of nitrogens with zero attached hydrogens (tertiary/aromatic N) is 2. The molecule has 1 aromatic heterocycles. The minimum Gasteiger partial charge on any atom is -0.258 e. The zero-order chi connectivity index (χ0) is 16.2. The topological polar surface area (TPSA) is 56.0 Å². The monoisotopic (exact) mass is 304 g/mol. The van der Waals surface area contributed by atoms with Crippen LogP contribution in [0.2, 0.25) is 0 Å². The minimum atomic E-state index is -0.391. The summed E-state index contributed by atoms with van der Waals surface area (Å²) in [5, 5.41) is 10.8. The van der Waals surface area contributed by atoms with E-state index in [4.69, 9.17) is 0 Å². The minimum absolute atomic E-state index is 0.0889. The van der Waals surface area contributed by atoms with Gasteiger partial charge in [0.25, 0.3) is 5.69 Å². The summed E-state index contributed by atoms with van der Waals surface area (Å²) in [5.41, 5.74) is 5.10. The van der Waals surface area contributed by atoms with Crippen LogP contribution in [0.3, 0.4) is 0 Å². The maximum atomic E-state index is 10.8. The molecular formula is C19H16N2O2. The van der Waals surface area contributed by atoms with Crippen LogP contribution in [-0.4, -0.2) is 9.91 Å². The summed E-state index contributed by atoms with van der Waals surface area (Å²) in [4.78, 5) is 15.1. The number of rotatable bonds is 4. The number of pyridine rings is 1. The van der Waals surface area contributed by atoms with Crippen molar-refractivity contribution < 1.29 is 4.92 Å². The van der Waals surface area contributed by atoms with Gasteiger partial charge in [-0.3, -0.25) is 15.1 Å². The van der Waals surface area contributed by atoms with Gasteiger partial charge in [-0.2, -0.15) is 0 Å². The van der Waals surface area contributed by atoms with Crippen molar-refractivity contribution in [2.24, 2.45) is 0 Å². The van der Waals surface area contributed by atoms with E-state index in [1.165, 1.54) is 17.7 Å². The van der Waals surface area contributed by atoms with Gasteiger partial charge in [-0.25, -0.2) is 0 Å². The van der Waals surface area contributed by atoms with Crippen molar-refractivity contribution in [1.29, 1.82) is 0 Å². The van der Waals surface area contributed by atoms with Crippen molar-refractivity contribution in [3.05, 3.63) is 93.7 Å². The molecule has 0 amide bonds. The molecule has 23 heavy (non-hydrogen) atoms. The van der Waals surface area contributed by atoms with Gasteiger partial charge in [0.1, 0.15) is 0 Å². The molecule has 0 unspecified atom stereocenters. The van der Waals surface area contributed by atoms with Crippen LogP contribution in [0.4, 0.5) is 5.69 Å². The van der Waals surface area contributed by atoms with E-state index in [0.29, 0.717) is 0 Å². The molecule has 1 heterocycles. The molecular weight excluding hydrogens is 288 g/mol. The predicted octanol–water partition coefficient (Wildman–Crippen LogP) is 4.56. The van der Waals surface area contributed by atoms with E-state index in [1.54, 1.807) is 12.1 Å². The molecule has 0 radical (unpaired) electrons. The molecule has 4 nitrogen and oxygen atoms in total. The van der Waals surface area contributed by atoms with Gasteiger partial charge in [-0.05, 0) is 42.7 Å². The van der Waals surface area contributed by atoms with Crippen molar-refractivity contribution in [2.45, 2.75) is 13.3 Å². The highest BCUT2D eigenvalue weighted by Crippen LogP contribution is 2.26. The van der Waals surface area contributed by atoms with Crippen LogP contribution in [-0.2, 0) is 6.42 Å². The molecule has 4 heteroatoms. The fourth-order valence-corrected chi connectivity index (χ4v) is 2.53. The van der Waals surface area contributed by atoms with Crippen LogP contribution in [0.15, 0.2) is 66.7 Å². The summed E-state index contributed by atoms with van der Waals surface area (Å²) in [7, 11) is 0. The Bertz CT molecular complexity index is 828. The molecule has 0 bridgehead atoms. The van der Waals surface area contributed by atoms with Crippen LogP contribution in [0.1, 0.15) is 16.8 Å². The highest BCUT2D eigenvalue weighted by Gasteiger charge is 2.11. The predicted molar refractivity (Wildman–Crippen MR) is 90.3 cm³/mol. The van der Waals surface area contributed by atoms with Crippen LogP contribution >= 0.6 is 0 Å². The average molecular weight is 304 g/mol. The van der Waals surface area contributed by atoms with Gasteiger partial charge in [-0.15, -0.1) is 0 Å². The van der Waals surface area contributed by atoms with Crippen molar-refractivity contribution >= 4 is 5.69 Å². The normalized spacial score (nSPS) is 10.5. The third-order valence-electron chi connectivity index (χ3n) is 3.71. The summed E-state index contributed by atoms with van der Waals surface area (Å²) in [6.45, 7) is 1.95. The molecule has 0 spiro atoms. The third-order valence-corrected chi connectivity index (χ3v) is 3.71. The Morgan fingerprint density at radius 2 is 1.65 bits per heavy atom. The van der Waals surface area contributed by atoms with Crippen molar-refractivity contribution in [2.75, 3.05) is 0 Å². The fourth-order valence-electron chi connectivity index (χ4n) is 2.53. The second-order valence-electron chi connectivity index (χ2n) is 5.43. The average Bonchev–Trinajstić information content (AvgIpc) is 2.57. The molecule has 114 valence electrons. The van der Waals surface area contributed by atoms with Gasteiger partial charge < -0.3 is 0 Å². The molecule has 0 saturated carbocycles. The number of aryl methyl sites for hydroxylation is 1. The number of hydrogen-bond acceptors (Lipinski definition) is 3. The molecule has 0 fully saturated rings. The number of non-ortho nitro benzene ring substituents is 1. The van der Waals surface area contributed by atoms with E-state index >= 15 is 0 Å². The number of aromatic nitrogens is 1. The number of nitro benzene ring substituents is 1. The van der Waals surface area contributed by atoms with Crippen molar-refractivity contribution in [3.63, 3.8) is 0 Å². The lowest BCUT2D eigenvalue weighted by Gasteiger charge is -2.10. The van der Waals surface area contributed by atoms with Gasteiger partial charge in [-0.1, -0.05) is 36.4 Å². The van der Waals surface area contributed by atoms with Crippen LogP contribution in [0, 0.1) is 17.0 Å². The van der Waals surface area contributed by atoms with Crippen molar-refractivity contribution in [1.82, 2.24) is 4.98 Å². The Kier molecular flexibility index (Phi) is 4.15. The van der Waals surface area contributed by atoms with Crippen LogP contribution in [0.25, 0.3) is 11.3 Å². The van der Waals surface area contributed by atoms with Gasteiger partial charge in [0, 0.05) is 23.4 Å². The van der Waals surface area contributed by atoms with Gasteiger partial charge in [0.2, 0.25) is 0 Å². The quantitative estimate of drug-likeness (QED) is 0.524. The van der Waals surface area contributed by atoms with E-state index in [0.717, 1.165) is 28.9 Å². The van der Waals surface area contributed by atoms with Gasteiger partial charge >= 0.3 is 0 Å². The zero-order valence-electron chi connectivity index (χ0n) is 12.8. The molecule has 3 rings (SSSR count). The molecule has 0 atom stereocenters. The Balaban J connectivity index is 2.00. The standard InChI is InChI=1S/C19H16N2O2/c1-14-7-8-17(13-15-5-3-2-4-6-15)19(20-14)16-9-11-18(12-10-16)21(22)23/h2-12H,13H2,1H3. The molecule has 0 aliphatic carbocycles. The number of hydrogen-bond donors (Lipinski definition) is 0. The summed E-state index contributed by atoms with van der Waals surface area (Å²) in [6.07, 6.45) is 0.778. The van der Waals surface area contributed by atoms with Crippen molar-refractivity contribution in [3.8, 4) is 11.3 Å². The zero-order valence-corrected chi connectivity index (χ0v) is 12.8. The van der Waals surface area contributed by atoms with E-state index in [9.17, 15) is 10.1 Å². The summed E-state index contributed by atoms with van der Waals surface area (Å²) < 4.78 is 0. The second kappa shape index (κ2) is 6.40. The van der Waals surface area contributed by atoms with Gasteiger partial charge in [0.15, 0.2) is 0 Å². The Labute approximate surface area is 134 Å². The molecule has 2 aromatic carbocycles. The Morgan fingerprint density at radius 1 is 0.957 bits per heavy atom. The Hall–Kier alpha value is -3.01. The maximum absolute atomic E-state index is 10.8. The lowest BCUT2D eigenvalue weighted by molar-refractivity contribution is -0.384. The van der Waals surface area contributed by atoms with E-state index in [-0.39, 0.29) is 5.69 Å². The third kappa shape index (κ3) is 3.43. The van der Waals surface area contributed by atoms with Crippen LogP contribution in [0.5, 0.6) is 0 Å². The first-order valence-electron chi connectivity index (χ1n) is 7.39.